The predicted molar refractivity (Wildman–Crippen MR) is 97.1 cm³/mol. The average molecular weight is 316 g/mol. The zero-order chi connectivity index (χ0) is 16.2. The van der Waals surface area contributed by atoms with Crippen molar-refractivity contribution in [3.63, 3.8) is 0 Å². The minimum absolute atomic E-state index is 0.327. The van der Waals surface area contributed by atoms with Crippen molar-refractivity contribution < 1.29 is 9.47 Å². The van der Waals surface area contributed by atoms with Crippen LogP contribution >= 0.6 is 0 Å². The first kappa shape index (κ1) is 18.1. The highest BCUT2D eigenvalue weighted by Gasteiger charge is 2.22. The smallest absolute Gasteiger partial charge is 0.119 e. The van der Waals surface area contributed by atoms with Crippen LogP contribution in [0.4, 0.5) is 0 Å². The molecule has 1 aliphatic rings. The molecule has 1 atom stereocenters. The van der Waals surface area contributed by atoms with E-state index in [4.69, 9.17) is 9.47 Å². The summed E-state index contributed by atoms with van der Waals surface area (Å²) in [7, 11) is 0. The number of unbranched alkanes of at least 4 members (excludes halogenated alkanes) is 6. The Hall–Kier alpha value is -1.28. The molecule has 2 heteroatoms. The minimum atomic E-state index is 0.327. The van der Waals surface area contributed by atoms with E-state index in [1.165, 1.54) is 56.9 Å². The molecule has 2 rings (SSSR count). The Morgan fingerprint density at radius 3 is 2.39 bits per heavy atom. The fourth-order valence-corrected chi connectivity index (χ4v) is 2.63. The second kappa shape index (κ2) is 11.3. The fraction of sp³-hybridized carbons (Fsp3) is 0.619. The van der Waals surface area contributed by atoms with Gasteiger partial charge in [0.1, 0.15) is 18.5 Å². The zero-order valence-corrected chi connectivity index (χ0v) is 14.6. The van der Waals surface area contributed by atoms with Crippen LogP contribution in [0.5, 0.6) is 5.75 Å². The van der Waals surface area contributed by atoms with Crippen molar-refractivity contribution in [2.45, 2.75) is 70.8 Å². The first-order valence-corrected chi connectivity index (χ1v) is 9.37. The maximum Gasteiger partial charge on any atom is 0.119 e. The molecule has 1 aromatic rings. The van der Waals surface area contributed by atoms with Gasteiger partial charge < -0.3 is 9.47 Å². The van der Waals surface area contributed by atoms with Gasteiger partial charge in [-0.2, -0.15) is 0 Å². The van der Waals surface area contributed by atoms with Crippen molar-refractivity contribution in [1.29, 1.82) is 0 Å². The quantitative estimate of drug-likeness (QED) is 0.264. The Labute approximate surface area is 141 Å². The van der Waals surface area contributed by atoms with Gasteiger partial charge in [-0.3, -0.25) is 0 Å². The zero-order valence-electron chi connectivity index (χ0n) is 14.6. The highest BCUT2D eigenvalue weighted by Crippen LogP contribution is 2.17. The summed E-state index contributed by atoms with van der Waals surface area (Å²) in [4.78, 5) is 0. The molecule has 1 fully saturated rings. The van der Waals surface area contributed by atoms with Crippen LogP contribution in [0.25, 0.3) is 0 Å². The molecule has 23 heavy (non-hydrogen) atoms. The monoisotopic (exact) mass is 316 g/mol. The number of aryl methyl sites for hydroxylation is 1. The fourth-order valence-electron chi connectivity index (χ4n) is 2.63. The van der Waals surface area contributed by atoms with Gasteiger partial charge in [0.25, 0.3) is 0 Å². The molecule has 0 bridgehead atoms. The number of rotatable bonds is 13. The minimum Gasteiger partial charge on any atom is -0.491 e. The topological polar surface area (TPSA) is 21.8 Å². The van der Waals surface area contributed by atoms with Crippen molar-refractivity contribution in [3.05, 3.63) is 42.0 Å². The van der Waals surface area contributed by atoms with Crippen molar-refractivity contribution in [1.82, 2.24) is 0 Å². The second-order valence-electron chi connectivity index (χ2n) is 6.48. The van der Waals surface area contributed by atoms with Crippen LogP contribution in [0, 0.1) is 0 Å². The maximum atomic E-state index is 5.65. The van der Waals surface area contributed by atoms with Gasteiger partial charge in [-0.25, -0.2) is 0 Å². The van der Waals surface area contributed by atoms with Gasteiger partial charge in [-0.05, 0) is 49.8 Å². The van der Waals surface area contributed by atoms with E-state index >= 15 is 0 Å². The molecule has 0 amide bonds. The summed E-state index contributed by atoms with van der Waals surface area (Å²) in [5.41, 5.74) is 1.40. The van der Waals surface area contributed by atoms with E-state index in [1.807, 2.05) is 0 Å². The Morgan fingerprint density at radius 1 is 1.00 bits per heavy atom. The van der Waals surface area contributed by atoms with Gasteiger partial charge in [0.15, 0.2) is 0 Å². The third kappa shape index (κ3) is 8.80. The average Bonchev–Trinajstić information content (AvgIpc) is 3.40. The van der Waals surface area contributed by atoms with Gasteiger partial charge in [0.05, 0.1) is 6.61 Å². The van der Waals surface area contributed by atoms with Crippen molar-refractivity contribution >= 4 is 0 Å². The first-order chi connectivity index (χ1) is 11.4. The van der Waals surface area contributed by atoms with Crippen molar-refractivity contribution in [2.24, 2.45) is 0 Å². The lowest BCUT2D eigenvalue weighted by atomic mass is 10.1. The lowest BCUT2D eigenvalue weighted by Crippen LogP contribution is -2.03. The van der Waals surface area contributed by atoms with E-state index in [1.54, 1.807) is 0 Å². The number of hydrogen-bond acceptors (Lipinski definition) is 2. The summed E-state index contributed by atoms with van der Waals surface area (Å²) in [6.07, 6.45) is 16.7. The third-order valence-corrected chi connectivity index (χ3v) is 4.24. The van der Waals surface area contributed by atoms with E-state index in [0.717, 1.165) is 18.8 Å². The van der Waals surface area contributed by atoms with E-state index in [9.17, 15) is 0 Å². The third-order valence-electron chi connectivity index (χ3n) is 4.24. The first-order valence-electron chi connectivity index (χ1n) is 9.37. The normalized spacial score (nSPS) is 16.8. The van der Waals surface area contributed by atoms with Crippen LogP contribution in [-0.4, -0.2) is 19.3 Å². The second-order valence-corrected chi connectivity index (χ2v) is 6.48. The molecule has 1 saturated heterocycles. The molecule has 0 saturated carbocycles. The highest BCUT2D eigenvalue weighted by molar-refractivity contribution is 5.27. The SMILES string of the molecule is CCCCCCC/C=C/CCCc1ccc(OCC2CO2)cc1. The van der Waals surface area contributed by atoms with Crippen molar-refractivity contribution in [2.75, 3.05) is 13.2 Å². The van der Waals surface area contributed by atoms with Crippen LogP contribution in [0.2, 0.25) is 0 Å². The summed E-state index contributed by atoms with van der Waals surface area (Å²) in [6, 6.07) is 8.51. The summed E-state index contributed by atoms with van der Waals surface area (Å²) < 4.78 is 10.8. The Kier molecular flexibility index (Phi) is 8.86. The molecule has 1 aromatic carbocycles. The summed E-state index contributed by atoms with van der Waals surface area (Å²) in [6.45, 7) is 3.80. The molecule has 0 aromatic heterocycles. The standard InChI is InChI=1S/C21H32O2/c1-2-3-4-5-6-7-8-9-10-11-12-19-13-15-20(16-14-19)22-17-21-18-23-21/h8-9,13-16,21H,2-7,10-12,17-18H2,1H3/b9-8+. The summed E-state index contributed by atoms with van der Waals surface area (Å²) >= 11 is 0. The molecule has 0 spiro atoms. The van der Waals surface area contributed by atoms with Crippen LogP contribution in [0.1, 0.15) is 63.9 Å². The number of benzene rings is 1. The number of hydrogen-bond donors (Lipinski definition) is 0. The molecule has 128 valence electrons. The highest BCUT2D eigenvalue weighted by atomic mass is 16.6. The van der Waals surface area contributed by atoms with Crippen LogP contribution in [0.15, 0.2) is 36.4 Å². The molecule has 0 N–H and O–H groups in total. The Morgan fingerprint density at radius 2 is 1.70 bits per heavy atom. The van der Waals surface area contributed by atoms with E-state index in [0.29, 0.717) is 12.7 Å². The molecule has 1 aliphatic heterocycles. The Balaban J connectivity index is 1.48. The summed E-state index contributed by atoms with van der Waals surface area (Å²) in [5.74, 6) is 0.951. The maximum absolute atomic E-state index is 5.65. The lowest BCUT2D eigenvalue weighted by Gasteiger charge is -2.05. The molecule has 0 aliphatic carbocycles. The van der Waals surface area contributed by atoms with Gasteiger partial charge in [-0.1, -0.05) is 56.9 Å². The predicted octanol–water partition coefficient (Wildman–Crippen LogP) is 5.70. The van der Waals surface area contributed by atoms with Gasteiger partial charge in [-0.15, -0.1) is 0 Å². The molecule has 1 unspecified atom stereocenters. The molecule has 0 radical (unpaired) electrons. The van der Waals surface area contributed by atoms with E-state index in [-0.39, 0.29) is 0 Å². The van der Waals surface area contributed by atoms with Crippen LogP contribution in [-0.2, 0) is 11.2 Å². The van der Waals surface area contributed by atoms with E-state index < -0.39 is 0 Å². The number of ether oxygens (including phenoxy) is 2. The Bertz CT molecular complexity index is 432. The largest absolute Gasteiger partial charge is 0.491 e. The van der Waals surface area contributed by atoms with Crippen LogP contribution in [0.3, 0.4) is 0 Å². The lowest BCUT2D eigenvalue weighted by molar-refractivity contribution is 0.263. The number of epoxide rings is 1. The van der Waals surface area contributed by atoms with Crippen LogP contribution < -0.4 is 4.74 Å². The molecular weight excluding hydrogens is 284 g/mol. The van der Waals surface area contributed by atoms with E-state index in [2.05, 4.69) is 43.3 Å². The van der Waals surface area contributed by atoms with Gasteiger partial charge in [0.2, 0.25) is 0 Å². The summed E-state index contributed by atoms with van der Waals surface area (Å²) in [5, 5.41) is 0. The molecule has 2 nitrogen and oxygen atoms in total. The number of allylic oxidation sites excluding steroid dienone is 2. The van der Waals surface area contributed by atoms with Gasteiger partial charge >= 0.3 is 0 Å². The van der Waals surface area contributed by atoms with Gasteiger partial charge in [0, 0.05) is 0 Å². The van der Waals surface area contributed by atoms with Crippen molar-refractivity contribution in [3.8, 4) is 5.75 Å². The molecule has 1 heterocycles. The molecular formula is C21H32O2.